The van der Waals surface area contributed by atoms with Crippen LogP contribution in [0.4, 0.5) is 0 Å². The van der Waals surface area contributed by atoms with E-state index in [-0.39, 0.29) is 5.92 Å². The van der Waals surface area contributed by atoms with Crippen LogP contribution >= 0.6 is 0 Å². The molecule has 3 atom stereocenters. The molecule has 3 unspecified atom stereocenters. The van der Waals surface area contributed by atoms with Crippen molar-refractivity contribution in [2.24, 2.45) is 5.92 Å². The highest BCUT2D eigenvalue weighted by molar-refractivity contribution is 5.80. The lowest BCUT2D eigenvalue weighted by molar-refractivity contribution is -0.141. The van der Waals surface area contributed by atoms with Crippen molar-refractivity contribution in [1.29, 1.82) is 0 Å². The number of hydrogen-bond acceptors (Lipinski definition) is 2. The van der Waals surface area contributed by atoms with Crippen molar-refractivity contribution < 1.29 is 4.79 Å². The van der Waals surface area contributed by atoms with Gasteiger partial charge in [-0.2, -0.15) is 0 Å². The first-order valence-electron chi connectivity index (χ1n) is 8.73. The Labute approximate surface area is 134 Å². The lowest BCUT2D eigenvalue weighted by Gasteiger charge is -2.40. The third-order valence-corrected chi connectivity index (χ3v) is 5.32. The predicted octanol–water partition coefficient (Wildman–Crippen LogP) is 3.30. The van der Waals surface area contributed by atoms with Crippen LogP contribution < -0.4 is 0 Å². The third-order valence-electron chi connectivity index (χ3n) is 5.32. The minimum Gasteiger partial charge on any atom is -0.337 e. The fourth-order valence-corrected chi connectivity index (χ4v) is 4.09. The Bertz CT molecular complexity index is 491. The summed E-state index contributed by atoms with van der Waals surface area (Å²) in [6.45, 7) is 7.36. The maximum atomic E-state index is 12.9. The summed E-state index contributed by atoms with van der Waals surface area (Å²) < 4.78 is 0. The standard InChI is InChI=1S/C19H28N2O/c1-15-7-6-8-16(2)21(15)19(22)18-11-12-20(14-18)13-17-9-4-3-5-10-17/h3-5,9-10,15-16,18H,6-8,11-14H2,1-2H3. The Hall–Kier alpha value is -1.35. The molecule has 0 spiro atoms. The van der Waals surface area contributed by atoms with E-state index < -0.39 is 0 Å². The summed E-state index contributed by atoms with van der Waals surface area (Å²) in [6, 6.07) is 11.4. The zero-order valence-electron chi connectivity index (χ0n) is 13.9. The van der Waals surface area contributed by atoms with E-state index >= 15 is 0 Å². The van der Waals surface area contributed by atoms with Crippen molar-refractivity contribution in [3.8, 4) is 0 Å². The second-order valence-corrected chi connectivity index (χ2v) is 7.08. The topological polar surface area (TPSA) is 23.6 Å². The van der Waals surface area contributed by atoms with Gasteiger partial charge < -0.3 is 4.90 Å². The second kappa shape index (κ2) is 6.82. The molecule has 22 heavy (non-hydrogen) atoms. The first kappa shape index (κ1) is 15.5. The first-order chi connectivity index (χ1) is 10.6. The van der Waals surface area contributed by atoms with Gasteiger partial charge in [0.1, 0.15) is 0 Å². The molecular formula is C19H28N2O. The second-order valence-electron chi connectivity index (χ2n) is 7.08. The van der Waals surface area contributed by atoms with E-state index in [1.54, 1.807) is 0 Å². The summed E-state index contributed by atoms with van der Waals surface area (Å²) in [6.07, 6.45) is 4.60. The van der Waals surface area contributed by atoms with Crippen molar-refractivity contribution in [1.82, 2.24) is 9.80 Å². The molecule has 3 heteroatoms. The monoisotopic (exact) mass is 300 g/mol. The van der Waals surface area contributed by atoms with Crippen molar-refractivity contribution in [2.45, 2.75) is 58.2 Å². The SMILES string of the molecule is CC1CCCC(C)N1C(=O)C1CCN(Cc2ccccc2)C1. The van der Waals surface area contributed by atoms with Crippen LogP contribution in [0.15, 0.2) is 30.3 Å². The summed E-state index contributed by atoms with van der Waals surface area (Å²) >= 11 is 0. The lowest BCUT2D eigenvalue weighted by atomic mass is 9.95. The van der Waals surface area contributed by atoms with Crippen molar-refractivity contribution in [3.63, 3.8) is 0 Å². The largest absolute Gasteiger partial charge is 0.337 e. The molecule has 0 aliphatic carbocycles. The molecule has 0 aromatic heterocycles. The molecular weight excluding hydrogens is 272 g/mol. The first-order valence-corrected chi connectivity index (χ1v) is 8.73. The number of piperidine rings is 1. The molecule has 0 radical (unpaired) electrons. The lowest BCUT2D eigenvalue weighted by Crippen LogP contribution is -2.50. The molecule has 2 aliphatic rings. The Morgan fingerprint density at radius 1 is 1.09 bits per heavy atom. The van der Waals surface area contributed by atoms with Gasteiger partial charge in [-0.15, -0.1) is 0 Å². The minimum atomic E-state index is 0.201. The number of amides is 1. The molecule has 2 aliphatic heterocycles. The summed E-state index contributed by atoms with van der Waals surface area (Å²) in [4.78, 5) is 17.5. The fourth-order valence-electron chi connectivity index (χ4n) is 4.09. The number of carbonyl (C=O) groups is 1. The molecule has 1 amide bonds. The molecule has 3 rings (SSSR count). The maximum absolute atomic E-state index is 12.9. The van der Waals surface area contributed by atoms with E-state index in [0.29, 0.717) is 18.0 Å². The number of carbonyl (C=O) groups excluding carboxylic acids is 1. The van der Waals surface area contributed by atoms with Crippen LogP contribution in [0.1, 0.15) is 45.1 Å². The van der Waals surface area contributed by atoms with Gasteiger partial charge in [-0.25, -0.2) is 0 Å². The smallest absolute Gasteiger partial charge is 0.227 e. The maximum Gasteiger partial charge on any atom is 0.227 e. The van der Waals surface area contributed by atoms with E-state index in [4.69, 9.17) is 0 Å². The number of hydrogen-bond donors (Lipinski definition) is 0. The van der Waals surface area contributed by atoms with Gasteiger partial charge in [-0.05, 0) is 51.6 Å². The Balaban J connectivity index is 1.58. The number of benzene rings is 1. The van der Waals surface area contributed by atoms with E-state index in [1.165, 1.54) is 12.0 Å². The van der Waals surface area contributed by atoms with Crippen LogP contribution in [-0.4, -0.2) is 40.9 Å². The van der Waals surface area contributed by atoms with E-state index in [9.17, 15) is 4.79 Å². The van der Waals surface area contributed by atoms with E-state index in [0.717, 1.165) is 38.9 Å². The van der Waals surface area contributed by atoms with Gasteiger partial charge in [0.05, 0.1) is 5.92 Å². The average molecular weight is 300 g/mol. The number of nitrogens with zero attached hydrogens (tertiary/aromatic N) is 2. The quantitative estimate of drug-likeness (QED) is 0.855. The highest BCUT2D eigenvalue weighted by Gasteiger charge is 2.36. The number of likely N-dealkylation sites (tertiary alicyclic amines) is 2. The van der Waals surface area contributed by atoms with Crippen LogP contribution in [0.5, 0.6) is 0 Å². The Morgan fingerprint density at radius 3 is 2.45 bits per heavy atom. The highest BCUT2D eigenvalue weighted by atomic mass is 16.2. The van der Waals surface area contributed by atoms with Crippen LogP contribution in [0.25, 0.3) is 0 Å². The van der Waals surface area contributed by atoms with Gasteiger partial charge in [0.15, 0.2) is 0 Å². The highest BCUT2D eigenvalue weighted by Crippen LogP contribution is 2.28. The molecule has 0 N–H and O–H groups in total. The molecule has 2 saturated heterocycles. The molecule has 0 bridgehead atoms. The van der Waals surface area contributed by atoms with E-state index in [2.05, 4.69) is 54.0 Å². The van der Waals surface area contributed by atoms with Gasteiger partial charge in [0.25, 0.3) is 0 Å². The Morgan fingerprint density at radius 2 is 1.77 bits per heavy atom. The normalized spacial score (nSPS) is 29.7. The molecule has 1 aromatic rings. The summed E-state index contributed by atoms with van der Waals surface area (Å²) in [7, 11) is 0. The summed E-state index contributed by atoms with van der Waals surface area (Å²) in [5.41, 5.74) is 1.34. The summed E-state index contributed by atoms with van der Waals surface area (Å²) in [5.74, 6) is 0.599. The van der Waals surface area contributed by atoms with Crippen molar-refractivity contribution in [2.75, 3.05) is 13.1 Å². The van der Waals surface area contributed by atoms with E-state index in [1.807, 2.05) is 0 Å². The van der Waals surface area contributed by atoms with Crippen molar-refractivity contribution >= 4 is 5.91 Å². The molecule has 2 heterocycles. The Kier molecular flexibility index (Phi) is 4.82. The van der Waals surface area contributed by atoms with Gasteiger partial charge in [-0.3, -0.25) is 9.69 Å². The van der Waals surface area contributed by atoms with Gasteiger partial charge in [-0.1, -0.05) is 30.3 Å². The zero-order valence-corrected chi connectivity index (χ0v) is 13.9. The van der Waals surface area contributed by atoms with Crippen LogP contribution in [0, 0.1) is 5.92 Å². The van der Waals surface area contributed by atoms with Crippen LogP contribution in [-0.2, 0) is 11.3 Å². The fraction of sp³-hybridized carbons (Fsp3) is 0.632. The van der Waals surface area contributed by atoms with Crippen molar-refractivity contribution in [3.05, 3.63) is 35.9 Å². The molecule has 0 saturated carbocycles. The van der Waals surface area contributed by atoms with Crippen LogP contribution in [0.3, 0.4) is 0 Å². The van der Waals surface area contributed by atoms with Gasteiger partial charge in [0.2, 0.25) is 5.91 Å². The number of rotatable bonds is 3. The van der Waals surface area contributed by atoms with Gasteiger partial charge in [0, 0.05) is 25.2 Å². The molecule has 1 aromatic carbocycles. The molecule has 120 valence electrons. The van der Waals surface area contributed by atoms with Crippen LogP contribution in [0.2, 0.25) is 0 Å². The predicted molar refractivity (Wildman–Crippen MR) is 89.4 cm³/mol. The molecule has 3 nitrogen and oxygen atoms in total. The average Bonchev–Trinajstić information content (AvgIpc) is 2.96. The zero-order chi connectivity index (χ0) is 15.5. The molecule has 2 fully saturated rings. The van der Waals surface area contributed by atoms with Gasteiger partial charge >= 0.3 is 0 Å². The minimum absolute atomic E-state index is 0.201. The summed E-state index contributed by atoms with van der Waals surface area (Å²) in [5, 5.41) is 0. The third kappa shape index (κ3) is 3.35.